The third-order valence-corrected chi connectivity index (χ3v) is 10.3. The molecule has 1 unspecified atom stereocenters. The average Bonchev–Trinajstić information content (AvgIpc) is 3.45. The Morgan fingerprint density at radius 1 is 0.623 bits per heavy atom. The van der Waals surface area contributed by atoms with Crippen LogP contribution in [0.2, 0.25) is 0 Å². The Kier molecular flexibility index (Phi) is 8.49. The van der Waals surface area contributed by atoms with Crippen LogP contribution < -0.4 is 0 Å². The lowest BCUT2D eigenvalue weighted by Gasteiger charge is -2.20. The van der Waals surface area contributed by atoms with E-state index in [-0.39, 0.29) is 5.92 Å². The Hall–Kier alpha value is -6.52. The number of pyridine rings is 1. The quantitative estimate of drug-likeness (QED) is 0.175. The molecule has 1 aliphatic carbocycles. The lowest BCUT2D eigenvalue weighted by molar-refractivity contribution is 0.862. The molecule has 4 heteroatoms. The van der Waals surface area contributed by atoms with Crippen molar-refractivity contribution >= 4 is 34.0 Å². The first-order valence-electron chi connectivity index (χ1n) is 18.3. The van der Waals surface area contributed by atoms with Gasteiger partial charge >= 0.3 is 0 Å². The average molecular weight is 683 g/mol. The standard InChI is InChI=1S/C49H38N4/c1-32-13-9-10-21-41(32)49-52-45(37-16-7-4-8-17-37)31-46(53-49)40-20-11-19-39(30-40)34-23-25-35(26-24-34)43-29-33(2)50-48-42(43)28-27-38-18-12-22-44(51-47(38)48)36-14-5-3-6-15-36/h3-21,23-29,31,39H,22,30H2,1-2H3. The van der Waals surface area contributed by atoms with Crippen LogP contribution >= 0.6 is 0 Å². The summed E-state index contributed by atoms with van der Waals surface area (Å²) in [6, 6.07) is 47.0. The SMILES string of the molecule is Cc1cc(-c2ccc(C3C=CC=C(c4cc(-c5ccccc5)nc(-c5ccccc5C)n4)C3)cc2)c2ccc3c(c2n1)N=C(c1ccccc1)CC=C3. The van der Waals surface area contributed by atoms with Crippen LogP contribution in [0.3, 0.4) is 0 Å². The minimum Gasteiger partial charge on any atom is -0.251 e. The predicted molar refractivity (Wildman–Crippen MR) is 220 cm³/mol. The van der Waals surface area contributed by atoms with Crippen molar-refractivity contribution in [1.29, 1.82) is 0 Å². The molecule has 2 aromatic heterocycles. The number of hydrogen-bond acceptors (Lipinski definition) is 4. The van der Waals surface area contributed by atoms with E-state index in [1.165, 1.54) is 22.3 Å². The van der Waals surface area contributed by atoms with Crippen LogP contribution in [0.5, 0.6) is 0 Å². The topological polar surface area (TPSA) is 51.0 Å². The van der Waals surface area contributed by atoms with E-state index >= 15 is 0 Å². The molecule has 1 aliphatic heterocycles. The number of rotatable bonds is 6. The fraction of sp³-hybridized carbons (Fsp3) is 0.102. The van der Waals surface area contributed by atoms with Crippen molar-refractivity contribution in [2.75, 3.05) is 0 Å². The van der Waals surface area contributed by atoms with Crippen molar-refractivity contribution in [3.8, 4) is 33.8 Å². The lowest BCUT2D eigenvalue weighted by atomic mass is 9.86. The first-order chi connectivity index (χ1) is 26.1. The summed E-state index contributed by atoms with van der Waals surface area (Å²) >= 11 is 0. The minimum atomic E-state index is 0.227. The molecule has 53 heavy (non-hydrogen) atoms. The molecule has 4 nitrogen and oxygen atoms in total. The molecule has 3 heterocycles. The summed E-state index contributed by atoms with van der Waals surface area (Å²) in [6.45, 7) is 4.20. The van der Waals surface area contributed by atoms with Gasteiger partial charge in [-0.1, -0.05) is 152 Å². The number of hydrogen-bond donors (Lipinski definition) is 0. The van der Waals surface area contributed by atoms with E-state index in [0.29, 0.717) is 0 Å². The molecule has 0 N–H and O–H groups in total. The number of allylic oxidation sites excluding steroid dienone is 5. The molecule has 0 saturated carbocycles. The normalized spacial score (nSPS) is 15.1. The van der Waals surface area contributed by atoms with Crippen LogP contribution in [-0.2, 0) is 0 Å². The van der Waals surface area contributed by atoms with Gasteiger partial charge in [0.15, 0.2) is 5.82 Å². The highest BCUT2D eigenvalue weighted by molar-refractivity contribution is 6.09. The second-order valence-corrected chi connectivity index (χ2v) is 13.9. The minimum absolute atomic E-state index is 0.227. The fourth-order valence-electron chi connectivity index (χ4n) is 7.52. The van der Waals surface area contributed by atoms with Crippen LogP contribution in [-0.4, -0.2) is 20.7 Å². The van der Waals surface area contributed by atoms with Gasteiger partial charge in [0.1, 0.15) is 0 Å². The zero-order valence-corrected chi connectivity index (χ0v) is 29.9. The smallest absolute Gasteiger partial charge is 0.160 e. The van der Waals surface area contributed by atoms with E-state index in [2.05, 4.69) is 166 Å². The van der Waals surface area contributed by atoms with Crippen molar-refractivity contribution in [2.24, 2.45) is 4.99 Å². The number of fused-ring (bicyclic) bond motifs is 3. The van der Waals surface area contributed by atoms with Gasteiger partial charge in [0.05, 0.1) is 28.3 Å². The summed E-state index contributed by atoms with van der Waals surface area (Å²) in [7, 11) is 0. The van der Waals surface area contributed by atoms with E-state index in [9.17, 15) is 0 Å². The summed E-state index contributed by atoms with van der Waals surface area (Å²) in [5.41, 5.74) is 16.2. The van der Waals surface area contributed by atoms with Gasteiger partial charge < -0.3 is 0 Å². The molecule has 7 aromatic rings. The molecule has 0 radical (unpaired) electrons. The monoisotopic (exact) mass is 682 g/mol. The second-order valence-electron chi connectivity index (χ2n) is 13.9. The van der Waals surface area contributed by atoms with Crippen LogP contribution in [0.25, 0.3) is 56.3 Å². The third-order valence-electron chi connectivity index (χ3n) is 10.3. The van der Waals surface area contributed by atoms with Crippen molar-refractivity contribution in [1.82, 2.24) is 15.0 Å². The first kappa shape index (κ1) is 32.4. The zero-order valence-electron chi connectivity index (χ0n) is 29.9. The molecule has 1 atom stereocenters. The molecule has 2 aliphatic rings. The molecule has 254 valence electrons. The van der Waals surface area contributed by atoms with Crippen molar-refractivity contribution in [3.05, 3.63) is 191 Å². The van der Waals surface area contributed by atoms with Gasteiger partial charge in [-0.05, 0) is 65.8 Å². The summed E-state index contributed by atoms with van der Waals surface area (Å²) < 4.78 is 0. The third kappa shape index (κ3) is 6.45. The summed E-state index contributed by atoms with van der Waals surface area (Å²) in [5.74, 6) is 0.982. The van der Waals surface area contributed by atoms with Gasteiger partial charge in [0.25, 0.3) is 0 Å². The number of aliphatic imine (C=N–C) groups is 1. The van der Waals surface area contributed by atoms with Gasteiger partial charge in [0, 0.05) is 40.1 Å². The van der Waals surface area contributed by atoms with Crippen LogP contribution in [0.15, 0.2) is 163 Å². The van der Waals surface area contributed by atoms with Crippen molar-refractivity contribution in [2.45, 2.75) is 32.6 Å². The highest BCUT2D eigenvalue weighted by Gasteiger charge is 2.20. The largest absolute Gasteiger partial charge is 0.251 e. The zero-order chi connectivity index (χ0) is 35.7. The van der Waals surface area contributed by atoms with Gasteiger partial charge in [-0.15, -0.1) is 0 Å². The maximum Gasteiger partial charge on any atom is 0.160 e. The predicted octanol–water partition coefficient (Wildman–Crippen LogP) is 12.3. The Morgan fingerprint density at radius 2 is 1.36 bits per heavy atom. The molecule has 0 saturated heterocycles. The van der Waals surface area contributed by atoms with E-state index in [1.54, 1.807) is 0 Å². The van der Waals surface area contributed by atoms with E-state index in [4.69, 9.17) is 19.9 Å². The molecule has 0 amide bonds. The number of nitrogens with zero attached hydrogens (tertiary/aromatic N) is 4. The lowest BCUT2D eigenvalue weighted by Crippen LogP contribution is -2.04. The van der Waals surface area contributed by atoms with Gasteiger partial charge in [-0.25, -0.2) is 15.0 Å². The number of aromatic nitrogens is 3. The Bertz CT molecular complexity index is 2610. The van der Waals surface area contributed by atoms with Crippen molar-refractivity contribution in [3.63, 3.8) is 0 Å². The Morgan fingerprint density at radius 3 is 2.15 bits per heavy atom. The van der Waals surface area contributed by atoms with Crippen LogP contribution in [0.4, 0.5) is 5.69 Å². The summed E-state index contributed by atoms with van der Waals surface area (Å²) in [6.07, 6.45) is 12.7. The van der Waals surface area contributed by atoms with Gasteiger partial charge in [0.2, 0.25) is 0 Å². The molecule has 0 bridgehead atoms. The maximum atomic E-state index is 5.24. The molecule has 0 spiro atoms. The highest BCUT2D eigenvalue weighted by Crippen LogP contribution is 2.40. The summed E-state index contributed by atoms with van der Waals surface area (Å²) in [5, 5.41) is 1.11. The maximum absolute atomic E-state index is 5.24. The molecule has 5 aromatic carbocycles. The van der Waals surface area contributed by atoms with Crippen LogP contribution in [0, 0.1) is 13.8 Å². The van der Waals surface area contributed by atoms with E-state index < -0.39 is 0 Å². The Labute approximate surface area is 310 Å². The van der Waals surface area contributed by atoms with Gasteiger partial charge in [-0.3, -0.25) is 4.98 Å². The van der Waals surface area contributed by atoms with E-state index in [0.717, 1.165) is 85.9 Å². The molecule has 0 fully saturated rings. The fourth-order valence-corrected chi connectivity index (χ4v) is 7.52. The van der Waals surface area contributed by atoms with Crippen LogP contribution in [0.1, 0.15) is 52.4 Å². The first-order valence-corrected chi connectivity index (χ1v) is 18.3. The molecular formula is C49H38N4. The Balaban J connectivity index is 1.04. The molecule has 9 rings (SSSR count). The molecular weight excluding hydrogens is 645 g/mol. The number of benzene rings is 5. The second kappa shape index (κ2) is 13.9. The highest BCUT2D eigenvalue weighted by atomic mass is 14.9. The summed E-state index contributed by atoms with van der Waals surface area (Å²) in [4.78, 5) is 20.5. The van der Waals surface area contributed by atoms with Gasteiger partial charge in [-0.2, -0.15) is 0 Å². The van der Waals surface area contributed by atoms with E-state index in [1.807, 2.05) is 12.1 Å². The number of aryl methyl sites for hydroxylation is 2. The van der Waals surface area contributed by atoms with Crippen molar-refractivity contribution < 1.29 is 0 Å².